The zero-order valence-electron chi connectivity index (χ0n) is 10.1. The molecule has 5 nitrogen and oxygen atoms in total. The Hall–Kier alpha value is -0.570. The Balaban J connectivity index is 2.81. The lowest BCUT2D eigenvalue weighted by Crippen LogP contribution is -2.25. The third-order valence-electron chi connectivity index (χ3n) is 2.19. The summed E-state index contributed by atoms with van der Waals surface area (Å²) in [7, 11) is -3.60. The molecule has 1 heterocycles. The molecule has 0 radical (unpaired) electrons. The van der Waals surface area contributed by atoms with Crippen LogP contribution in [0.2, 0.25) is 0 Å². The zero-order valence-corrected chi connectivity index (χ0v) is 12.5. The summed E-state index contributed by atoms with van der Waals surface area (Å²) in [4.78, 5) is 11.4. The topological polar surface area (TPSA) is 83.5 Å². The Morgan fingerprint density at radius 3 is 2.72 bits per heavy atom. The van der Waals surface area contributed by atoms with Crippen LogP contribution in [0, 0.1) is 6.92 Å². The molecular formula is C10H15NO4S3. The van der Waals surface area contributed by atoms with Gasteiger partial charge in [0.05, 0.1) is 4.90 Å². The zero-order chi connectivity index (χ0) is 13.8. The number of thioether (sulfide) groups is 1. The van der Waals surface area contributed by atoms with Crippen molar-refractivity contribution in [2.45, 2.75) is 18.2 Å². The van der Waals surface area contributed by atoms with E-state index in [1.165, 1.54) is 6.07 Å². The van der Waals surface area contributed by atoms with E-state index in [1.54, 1.807) is 18.7 Å². The van der Waals surface area contributed by atoms with Crippen molar-refractivity contribution >= 4 is 39.1 Å². The van der Waals surface area contributed by atoms with Crippen LogP contribution in [-0.2, 0) is 10.0 Å². The molecule has 0 bridgehead atoms. The number of carboxylic acids is 1. The number of carboxylic acid groups (broad SMARTS) is 1. The number of aromatic carboxylic acids is 1. The third-order valence-corrected chi connectivity index (χ3v) is 5.64. The van der Waals surface area contributed by atoms with Gasteiger partial charge in [0, 0.05) is 11.4 Å². The van der Waals surface area contributed by atoms with Crippen molar-refractivity contribution < 1.29 is 18.3 Å². The van der Waals surface area contributed by atoms with Gasteiger partial charge in [-0.3, -0.25) is 0 Å². The maximum atomic E-state index is 11.9. The van der Waals surface area contributed by atoms with Gasteiger partial charge in [-0.2, -0.15) is 11.8 Å². The summed E-state index contributed by atoms with van der Waals surface area (Å²) < 4.78 is 26.4. The van der Waals surface area contributed by atoms with E-state index < -0.39 is 16.0 Å². The Morgan fingerprint density at radius 1 is 1.56 bits per heavy atom. The van der Waals surface area contributed by atoms with E-state index in [4.69, 9.17) is 5.11 Å². The fraction of sp³-hybridized carbons (Fsp3) is 0.500. The molecule has 0 fully saturated rings. The van der Waals surface area contributed by atoms with Crippen molar-refractivity contribution in [1.82, 2.24) is 4.72 Å². The smallest absolute Gasteiger partial charge is 0.345 e. The van der Waals surface area contributed by atoms with Crippen molar-refractivity contribution in [1.29, 1.82) is 0 Å². The van der Waals surface area contributed by atoms with Crippen molar-refractivity contribution in [3.8, 4) is 0 Å². The molecule has 0 aromatic carbocycles. The van der Waals surface area contributed by atoms with Gasteiger partial charge in [0.25, 0.3) is 0 Å². The van der Waals surface area contributed by atoms with Gasteiger partial charge in [-0.05, 0) is 31.4 Å². The predicted octanol–water partition coefficient (Wildman–Crippen LogP) is 1.79. The number of aryl methyl sites for hydroxylation is 1. The van der Waals surface area contributed by atoms with Crippen LogP contribution < -0.4 is 4.72 Å². The van der Waals surface area contributed by atoms with Gasteiger partial charge < -0.3 is 5.11 Å². The Morgan fingerprint density at radius 2 is 2.22 bits per heavy atom. The lowest BCUT2D eigenvalue weighted by molar-refractivity contribution is 0.0702. The molecule has 0 aliphatic heterocycles. The second kappa shape index (κ2) is 6.55. The number of carbonyl (C=O) groups is 1. The molecule has 0 atom stereocenters. The highest BCUT2D eigenvalue weighted by Crippen LogP contribution is 2.25. The Bertz CT molecular complexity index is 521. The van der Waals surface area contributed by atoms with Crippen LogP contribution in [0.4, 0.5) is 0 Å². The van der Waals surface area contributed by atoms with Gasteiger partial charge in [-0.15, -0.1) is 11.3 Å². The second-order valence-corrected chi connectivity index (χ2v) is 7.56. The van der Waals surface area contributed by atoms with Crippen LogP contribution >= 0.6 is 23.1 Å². The highest BCUT2D eigenvalue weighted by Gasteiger charge is 2.21. The fourth-order valence-electron chi connectivity index (χ4n) is 1.34. The lowest BCUT2D eigenvalue weighted by Gasteiger charge is -2.05. The van der Waals surface area contributed by atoms with Gasteiger partial charge in [-0.1, -0.05) is 0 Å². The number of rotatable bonds is 7. The first-order valence-electron chi connectivity index (χ1n) is 5.21. The third kappa shape index (κ3) is 3.98. The van der Waals surface area contributed by atoms with E-state index in [0.29, 0.717) is 11.4 Å². The van der Waals surface area contributed by atoms with E-state index in [-0.39, 0.29) is 9.77 Å². The van der Waals surface area contributed by atoms with E-state index >= 15 is 0 Å². The molecular weight excluding hydrogens is 294 g/mol. The summed E-state index contributed by atoms with van der Waals surface area (Å²) in [6.07, 6.45) is 2.70. The molecule has 0 aliphatic carbocycles. The van der Waals surface area contributed by atoms with Gasteiger partial charge in [0.1, 0.15) is 4.88 Å². The average molecular weight is 309 g/mol. The van der Waals surface area contributed by atoms with E-state index in [2.05, 4.69) is 4.72 Å². The minimum atomic E-state index is -3.60. The van der Waals surface area contributed by atoms with Crippen LogP contribution in [0.25, 0.3) is 0 Å². The largest absolute Gasteiger partial charge is 0.477 e. The van der Waals surface area contributed by atoms with Gasteiger partial charge in [0.2, 0.25) is 10.0 Å². The Kier molecular flexibility index (Phi) is 5.64. The molecule has 2 N–H and O–H groups in total. The molecule has 8 heteroatoms. The quantitative estimate of drug-likeness (QED) is 0.750. The maximum absolute atomic E-state index is 11.9. The van der Waals surface area contributed by atoms with Crippen molar-refractivity contribution in [2.75, 3.05) is 18.6 Å². The van der Waals surface area contributed by atoms with Crippen LogP contribution in [0.3, 0.4) is 0 Å². The first-order valence-corrected chi connectivity index (χ1v) is 8.90. The monoisotopic (exact) mass is 309 g/mol. The first kappa shape index (κ1) is 15.5. The maximum Gasteiger partial charge on any atom is 0.345 e. The van der Waals surface area contributed by atoms with E-state index in [9.17, 15) is 13.2 Å². The summed E-state index contributed by atoms with van der Waals surface area (Å²) in [5, 5.41) is 8.83. The normalized spacial score (nSPS) is 11.7. The number of hydrogen-bond donors (Lipinski definition) is 2. The fourth-order valence-corrected chi connectivity index (χ4v) is 4.27. The van der Waals surface area contributed by atoms with Gasteiger partial charge in [-0.25, -0.2) is 17.9 Å². The molecule has 18 heavy (non-hydrogen) atoms. The summed E-state index contributed by atoms with van der Waals surface area (Å²) in [5.74, 6) is -0.224. The number of sulfonamides is 1. The number of nitrogens with one attached hydrogen (secondary N) is 1. The molecule has 1 rings (SSSR count). The number of thiophene rings is 1. The standard InChI is InChI=1S/C10H15NO4S3/c1-7-9(6-8(17-7)10(12)13)18(14,15)11-4-3-5-16-2/h6,11H,3-5H2,1-2H3,(H,12,13). The van der Waals surface area contributed by atoms with Crippen LogP contribution in [0.5, 0.6) is 0 Å². The number of hydrogen-bond acceptors (Lipinski definition) is 5. The molecule has 0 aliphatic rings. The second-order valence-electron chi connectivity index (χ2n) is 3.58. The summed E-state index contributed by atoms with van der Waals surface area (Å²) in [6, 6.07) is 1.21. The van der Waals surface area contributed by atoms with Gasteiger partial charge >= 0.3 is 5.97 Å². The highest BCUT2D eigenvalue weighted by molar-refractivity contribution is 7.98. The Labute approximate surface area is 115 Å². The van der Waals surface area contributed by atoms with Crippen molar-refractivity contribution in [2.24, 2.45) is 0 Å². The van der Waals surface area contributed by atoms with Crippen LogP contribution in [0.15, 0.2) is 11.0 Å². The lowest BCUT2D eigenvalue weighted by atomic mass is 10.4. The minimum Gasteiger partial charge on any atom is -0.477 e. The average Bonchev–Trinajstić information content (AvgIpc) is 2.68. The van der Waals surface area contributed by atoms with Crippen molar-refractivity contribution in [3.05, 3.63) is 15.8 Å². The first-order chi connectivity index (χ1) is 8.38. The summed E-state index contributed by atoms with van der Waals surface area (Å²) in [6.45, 7) is 1.97. The molecule has 102 valence electrons. The van der Waals surface area contributed by atoms with Crippen LogP contribution in [0.1, 0.15) is 21.0 Å². The van der Waals surface area contributed by atoms with E-state index in [1.807, 2.05) is 6.26 Å². The van der Waals surface area contributed by atoms with Crippen molar-refractivity contribution in [3.63, 3.8) is 0 Å². The molecule has 0 spiro atoms. The molecule has 0 unspecified atom stereocenters. The SMILES string of the molecule is CSCCCNS(=O)(=O)c1cc(C(=O)O)sc1C. The minimum absolute atomic E-state index is 0.0389. The molecule has 0 saturated heterocycles. The van der Waals surface area contributed by atoms with Crippen LogP contribution in [-0.4, -0.2) is 38.0 Å². The van der Waals surface area contributed by atoms with Gasteiger partial charge in [0.15, 0.2) is 0 Å². The molecule has 1 aromatic rings. The summed E-state index contributed by atoms with van der Waals surface area (Å²) in [5.41, 5.74) is 0. The molecule has 0 saturated carbocycles. The predicted molar refractivity (Wildman–Crippen MR) is 74.2 cm³/mol. The molecule has 0 amide bonds. The van der Waals surface area contributed by atoms with E-state index in [0.717, 1.165) is 23.5 Å². The molecule has 1 aromatic heterocycles. The summed E-state index contributed by atoms with van der Waals surface area (Å²) >= 11 is 2.62. The highest BCUT2D eigenvalue weighted by atomic mass is 32.2.